The van der Waals surface area contributed by atoms with E-state index >= 15 is 0 Å². The second-order valence-electron chi connectivity index (χ2n) is 4.49. The van der Waals surface area contributed by atoms with Gasteiger partial charge in [0, 0.05) is 23.5 Å². The normalized spacial score (nSPS) is 14.3. The highest BCUT2D eigenvalue weighted by molar-refractivity contribution is 6.31. The minimum absolute atomic E-state index is 0.0168. The summed E-state index contributed by atoms with van der Waals surface area (Å²) in [4.78, 5) is 7.36. The number of nitrogens with one attached hydrogen (secondary N) is 2. The van der Waals surface area contributed by atoms with Crippen LogP contribution >= 0.6 is 11.6 Å². The van der Waals surface area contributed by atoms with Gasteiger partial charge in [0.2, 0.25) is 0 Å². The molecule has 5 heteroatoms. The van der Waals surface area contributed by atoms with Gasteiger partial charge < -0.3 is 10.3 Å². The summed E-state index contributed by atoms with van der Waals surface area (Å²) in [6.45, 7) is 4.09. The summed E-state index contributed by atoms with van der Waals surface area (Å²) < 4.78 is 13.0. The summed E-state index contributed by atoms with van der Waals surface area (Å²) in [7, 11) is 0. The minimum atomic E-state index is -0.320. The number of nitrogens with zero attached hydrogens (tertiary/aromatic N) is 1. The summed E-state index contributed by atoms with van der Waals surface area (Å²) in [5, 5.41) is 3.88. The zero-order valence-electron chi connectivity index (χ0n) is 11.0. The molecule has 19 heavy (non-hydrogen) atoms. The van der Waals surface area contributed by atoms with Crippen LogP contribution in [0.5, 0.6) is 0 Å². The van der Waals surface area contributed by atoms with Crippen molar-refractivity contribution in [2.45, 2.75) is 32.4 Å². The van der Waals surface area contributed by atoms with Gasteiger partial charge in [-0.25, -0.2) is 9.37 Å². The third-order valence-corrected chi connectivity index (χ3v) is 3.47. The number of H-pyrrole nitrogens is 1. The molecule has 2 rings (SSSR count). The molecule has 0 bridgehead atoms. The molecule has 0 amide bonds. The van der Waals surface area contributed by atoms with Gasteiger partial charge in [-0.1, -0.05) is 24.6 Å². The van der Waals surface area contributed by atoms with Gasteiger partial charge in [-0.05, 0) is 31.0 Å². The van der Waals surface area contributed by atoms with Crippen LogP contribution in [-0.4, -0.2) is 9.97 Å². The van der Waals surface area contributed by atoms with Crippen molar-refractivity contribution >= 4 is 11.6 Å². The molecule has 0 aliphatic carbocycles. The molecule has 0 spiro atoms. The van der Waals surface area contributed by atoms with E-state index in [1.165, 1.54) is 12.1 Å². The quantitative estimate of drug-likeness (QED) is 0.869. The van der Waals surface area contributed by atoms with E-state index in [2.05, 4.69) is 22.2 Å². The molecule has 0 aliphatic rings. The zero-order chi connectivity index (χ0) is 13.8. The van der Waals surface area contributed by atoms with E-state index in [4.69, 9.17) is 11.6 Å². The minimum Gasteiger partial charge on any atom is -0.347 e. The largest absolute Gasteiger partial charge is 0.347 e. The lowest BCUT2D eigenvalue weighted by Gasteiger charge is -2.22. The predicted octanol–water partition coefficient (Wildman–Crippen LogP) is 4.00. The highest BCUT2D eigenvalue weighted by Gasteiger charge is 2.17. The Labute approximate surface area is 117 Å². The van der Waals surface area contributed by atoms with Gasteiger partial charge in [0.15, 0.2) is 0 Å². The van der Waals surface area contributed by atoms with E-state index in [1.807, 2.05) is 6.92 Å². The van der Waals surface area contributed by atoms with Crippen LogP contribution in [0.1, 0.15) is 43.7 Å². The topological polar surface area (TPSA) is 40.7 Å². The predicted molar refractivity (Wildman–Crippen MR) is 74.6 cm³/mol. The molecule has 1 aromatic heterocycles. The Morgan fingerprint density at radius 3 is 2.84 bits per heavy atom. The van der Waals surface area contributed by atoms with Crippen molar-refractivity contribution in [3.63, 3.8) is 0 Å². The number of aromatic nitrogens is 2. The monoisotopic (exact) mass is 281 g/mol. The van der Waals surface area contributed by atoms with Crippen molar-refractivity contribution in [3.05, 3.63) is 52.8 Å². The smallest absolute Gasteiger partial charge is 0.124 e. The van der Waals surface area contributed by atoms with Gasteiger partial charge in [0.1, 0.15) is 11.6 Å². The lowest BCUT2D eigenvalue weighted by Crippen LogP contribution is -2.25. The molecule has 102 valence electrons. The third kappa shape index (κ3) is 3.33. The summed E-state index contributed by atoms with van der Waals surface area (Å²) in [6.07, 6.45) is 4.43. The Bertz CT molecular complexity index is 527. The number of aromatic amines is 1. The fourth-order valence-corrected chi connectivity index (χ4v) is 2.43. The van der Waals surface area contributed by atoms with E-state index in [9.17, 15) is 4.39 Å². The van der Waals surface area contributed by atoms with E-state index < -0.39 is 0 Å². The van der Waals surface area contributed by atoms with Crippen molar-refractivity contribution < 1.29 is 4.39 Å². The lowest BCUT2D eigenvalue weighted by atomic mass is 10.1. The van der Waals surface area contributed by atoms with Crippen molar-refractivity contribution in [1.29, 1.82) is 0 Å². The first-order chi connectivity index (χ1) is 9.11. The zero-order valence-corrected chi connectivity index (χ0v) is 11.7. The van der Waals surface area contributed by atoms with E-state index in [0.717, 1.165) is 17.8 Å². The average Bonchev–Trinajstić information content (AvgIpc) is 2.89. The SMILES string of the molecule is CCC(NC(C)c1ccc(F)cc1Cl)c1ncc[nH]1. The van der Waals surface area contributed by atoms with Crippen molar-refractivity contribution in [2.75, 3.05) is 0 Å². The first-order valence-corrected chi connectivity index (χ1v) is 6.70. The van der Waals surface area contributed by atoms with Crippen LogP contribution in [0.25, 0.3) is 0 Å². The van der Waals surface area contributed by atoms with Gasteiger partial charge in [-0.2, -0.15) is 0 Å². The molecule has 1 heterocycles. The lowest BCUT2D eigenvalue weighted by molar-refractivity contribution is 0.441. The molecule has 0 radical (unpaired) electrons. The van der Waals surface area contributed by atoms with Gasteiger partial charge in [-0.15, -0.1) is 0 Å². The average molecular weight is 282 g/mol. The maximum Gasteiger partial charge on any atom is 0.124 e. The third-order valence-electron chi connectivity index (χ3n) is 3.14. The molecule has 2 aromatic rings. The van der Waals surface area contributed by atoms with Crippen LogP contribution in [-0.2, 0) is 0 Å². The van der Waals surface area contributed by atoms with Crippen LogP contribution in [0.2, 0.25) is 5.02 Å². The fraction of sp³-hybridized carbons (Fsp3) is 0.357. The molecule has 2 N–H and O–H groups in total. The van der Waals surface area contributed by atoms with Gasteiger partial charge in [0.05, 0.1) is 6.04 Å². The summed E-state index contributed by atoms with van der Waals surface area (Å²) in [6, 6.07) is 4.61. The van der Waals surface area contributed by atoms with Gasteiger partial charge in [0.25, 0.3) is 0 Å². The molecular weight excluding hydrogens is 265 g/mol. The van der Waals surface area contributed by atoms with Crippen LogP contribution in [0.4, 0.5) is 4.39 Å². The standard InChI is InChI=1S/C14H17ClFN3/c1-3-13(14-17-6-7-18-14)19-9(2)11-5-4-10(16)8-12(11)15/h4-9,13,19H,3H2,1-2H3,(H,17,18). The maximum absolute atomic E-state index is 13.0. The van der Waals surface area contributed by atoms with E-state index in [-0.39, 0.29) is 17.9 Å². The molecule has 0 saturated heterocycles. The van der Waals surface area contributed by atoms with Crippen LogP contribution < -0.4 is 5.32 Å². The number of hydrogen-bond donors (Lipinski definition) is 2. The summed E-state index contributed by atoms with van der Waals surface area (Å²) in [5.41, 5.74) is 0.882. The van der Waals surface area contributed by atoms with E-state index in [0.29, 0.717) is 5.02 Å². The summed E-state index contributed by atoms with van der Waals surface area (Å²) in [5.74, 6) is 0.576. The van der Waals surface area contributed by atoms with Crippen LogP contribution in [0, 0.1) is 5.82 Å². The Hall–Kier alpha value is -1.39. The van der Waals surface area contributed by atoms with Crippen molar-refractivity contribution in [1.82, 2.24) is 15.3 Å². The maximum atomic E-state index is 13.0. The summed E-state index contributed by atoms with van der Waals surface area (Å²) >= 11 is 6.07. The Morgan fingerprint density at radius 1 is 1.47 bits per heavy atom. The molecule has 3 nitrogen and oxygen atoms in total. The van der Waals surface area contributed by atoms with Crippen LogP contribution in [0.15, 0.2) is 30.6 Å². The number of rotatable bonds is 5. The fourth-order valence-electron chi connectivity index (χ4n) is 2.10. The number of benzene rings is 1. The molecule has 0 aliphatic heterocycles. The van der Waals surface area contributed by atoms with E-state index in [1.54, 1.807) is 18.5 Å². The van der Waals surface area contributed by atoms with Gasteiger partial charge >= 0.3 is 0 Å². The van der Waals surface area contributed by atoms with Crippen LogP contribution in [0.3, 0.4) is 0 Å². The number of halogens is 2. The Balaban J connectivity index is 2.13. The number of hydrogen-bond acceptors (Lipinski definition) is 2. The molecule has 2 unspecified atom stereocenters. The Kier molecular flexibility index (Phi) is 4.56. The second-order valence-corrected chi connectivity index (χ2v) is 4.90. The highest BCUT2D eigenvalue weighted by Crippen LogP contribution is 2.26. The Morgan fingerprint density at radius 2 is 2.26 bits per heavy atom. The first-order valence-electron chi connectivity index (χ1n) is 6.32. The van der Waals surface area contributed by atoms with Crippen molar-refractivity contribution in [3.8, 4) is 0 Å². The molecular formula is C14H17ClFN3. The first kappa shape index (κ1) is 14.0. The molecule has 2 atom stereocenters. The second kappa shape index (κ2) is 6.17. The molecule has 0 fully saturated rings. The number of imidazole rings is 1. The highest BCUT2D eigenvalue weighted by atomic mass is 35.5. The molecule has 0 saturated carbocycles. The van der Waals surface area contributed by atoms with Gasteiger partial charge in [-0.3, -0.25) is 0 Å². The molecule has 1 aromatic carbocycles. The van der Waals surface area contributed by atoms with Crippen molar-refractivity contribution in [2.24, 2.45) is 0 Å².